The number of aliphatic hydroxyl groups is 1. The lowest BCUT2D eigenvalue weighted by Crippen LogP contribution is -1.97. The predicted octanol–water partition coefficient (Wildman–Crippen LogP) is 1.74. The summed E-state index contributed by atoms with van der Waals surface area (Å²) < 4.78 is 13.7. The molecule has 0 unspecified atom stereocenters. The Morgan fingerprint density at radius 2 is 1.64 bits per heavy atom. The van der Waals surface area contributed by atoms with Gasteiger partial charge in [0, 0.05) is 5.56 Å². The van der Waals surface area contributed by atoms with E-state index >= 15 is 0 Å². The fraction of sp³-hybridized carbons (Fsp3) is 0.316. The Hall–Kier alpha value is -3.33. The van der Waals surface area contributed by atoms with Gasteiger partial charge < -0.3 is 19.7 Å². The molecule has 28 heavy (non-hydrogen) atoms. The third kappa shape index (κ3) is 4.49. The first-order chi connectivity index (χ1) is 13.6. The highest BCUT2D eigenvalue weighted by molar-refractivity contribution is 5.90. The molecule has 0 saturated carbocycles. The molecule has 9 heteroatoms. The standard InChI is InChI=1S/C7H8O.C6H6N2O3.C6H8N2O/c8-6-7-4-2-1-3-5-7;9-6(10)4-3-7-8-1-2-11-5(4)8;1-5-4-7-8-2-3-9-6(5)8/h1-5,8H,6H2;3H,1-2H2,(H,9,10);4H,2-3H2,1H3. The number of aliphatic hydroxyl groups excluding tert-OH is 1. The lowest BCUT2D eigenvalue weighted by atomic mass is 10.2. The van der Waals surface area contributed by atoms with Crippen molar-refractivity contribution in [2.45, 2.75) is 26.6 Å². The number of hydrogen-bond acceptors (Lipinski definition) is 6. The van der Waals surface area contributed by atoms with E-state index in [1.807, 2.05) is 48.1 Å². The van der Waals surface area contributed by atoms with Gasteiger partial charge in [-0.3, -0.25) is 0 Å². The lowest BCUT2D eigenvalue weighted by molar-refractivity contribution is 0.0693. The zero-order valence-electron chi connectivity index (χ0n) is 15.5. The summed E-state index contributed by atoms with van der Waals surface area (Å²) in [5.74, 6) is 0.320. The second-order valence-corrected chi connectivity index (χ2v) is 6.09. The number of aromatic nitrogens is 4. The highest BCUT2D eigenvalue weighted by atomic mass is 16.5. The van der Waals surface area contributed by atoms with Crippen LogP contribution in [0.15, 0.2) is 42.7 Å². The van der Waals surface area contributed by atoms with Crippen LogP contribution in [0, 0.1) is 6.92 Å². The highest BCUT2D eigenvalue weighted by Gasteiger charge is 2.21. The second kappa shape index (κ2) is 9.05. The molecule has 0 atom stereocenters. The molecule has 4 heterocycles. The summed E-state index contributed by atoms with van der Waals surface area (Å²) in [6.07, 6.45) is 3.13. The summed E-state index contributed by atoms with van der Waals surface area (Å²) in [6.45, 7) is 4.99. The molecular formula is C19H22N4O5. The van der Waals surface area contributed by atoms with Crippen molar-refractivity contribution in [3.8, 4) is 11.8 Å². The maximum atomic E-state index is 10.5. The number of aryl methyl sites for hydroxylation is 1. The number of ether oxygens (including phenoxy) is 2. The first kappa shape index (κ1) is 19.4. The van der Waals surface area contributed by atoms with Crippen LogP contribution in [0.25, 0.3) is 0 Å². The largest absolute Gasteiger partial charge is 0.477 e. The molecule has 2 aromatic heterocycles. The van der Waals surface area contributed by atoms with Gasteiger partial charge in [0.15, 0.2) is 0 Å². The van der Waals surface area contributed by atoms with Crippen molar-refractivity contribution in [1.82, 2.24) is 19.6 Å². The number of fused-ring (bicyclic) bond motifs is 2. The van der Waals surface area contributed by atoms with E-state index < -0.39 is 5.97 Å². The van der Waals surface area contributed by atoms with Crippen LogP contribution in [0.1, 0.15) is 21.5 Å². The van der Waals surface area contributed by atoms with Gasteiger partial charge >= 0.3 is 5.97 Å². The Morgan fingerprint density at radius 3 is 2.21 bits per heavy atom. The van der Waals surface area contributed by atoms with E-state index in [1.165, 1.54) is 6.20 Å². The van der Waals surface area contributed by atoms with Crippen LogP contribution in [0.5, 0.6) is 11.8 Å². The number of hydrogen-bond donors (Lipinski definition) is 2. The number of carboxylic acids is 1. The average molecular weight is 386 g/mol. The number of carboxylic acid groups (broad SMARTS) is 1. The summed E-state index contributed by atoms with van der Waals surface area (Å²) in [5, 5.41) is 25.1. The highest BCUT2D eigenvalue weighted by Crippen LogP contribution is 2.22. The van der Waals surface area contributed by atoms with Crippen molar-refractivity contribution in [3.05, 3.63) is 59.4 Å². The third-order valence-electron chi connectivity index (χ3n) is 4.09. The van der Waals surface area contributed by atoms with Gasteiger partial charge in [-0.25, -0.2) is 14.2 Å². The number of aromatic carboxylic acids is 1. The lowest BCUT2D eigenvalue weighted by Gasteiger charge is -1.92. The first-order valence-electron chi connectivity index (χ1n) is 8.82. The normalized spacial score (nSPS) is 13.1. The van der Waals surface area contributed by atoms with Gasteiger partial charge in [0.05, 0.1) is 32.1 Å². The molecule has 0 amide bonds. The minimum atomic E-state index is -0.992. The molecule has 0 radical (unpaired) electrons. The van der Waals surface area contributed by atoms with Crippen LogP contribution in [0.2, 0.25) is 0 Å². The van der Waals surface area contributed by atoms with E-state index in [-0.39, 0.29) is 12.2 Å². The Balaban J connectivity index is 0.000000122. The van der Waals surface area contributed by atoms with Gasteiger partial charge in [-0.1, -0.05) is 30.3 Å². The quantitative estimate of drug-likeness (QED) is 0.690. The van der Waals surface area contributed by atoms with Crippen molar-refractivity contribution in [2.75, 3.05) is 13.2 Å². The molecule has 2 aliphatic heterocycles. The molecule has 1 aromatic carbocycles. The van der Waals surface area contributed by atoms with Crippen molar-refractivity contribution in [3.63, 3.8) is 0 Å². The molecule has 5 rings (SSSR count). The van der Waals surface area contributed by atoms with Gasteiger partial charge in [-0.2, -0.15) is 10.2 Å². The molecule has 0 bridgehead atoms. The predicted molar refractivity (Wildman–Crippen MR) is 99.5 cm³/mol. The topological polar surface area (TPSA) is 112 Å². The molecule has 0 saturated heterocycles. The molecule has 148 valence electrons. The van der Waals surface area contributed by atoms with E-state index in [1.54, 1.807) is 4.68 Å². The zero-order chi connectivity index (χ0) is 19.9. The molecule has 0 aliphatic carbocycles. The fourth-order valence-corrected chi connectivity index (χ4v) is 2.69. The van der Waals surface area contributed by atoms with Gasteiger partial charge in [-0.05, 0) is 12.5 Å². The van der Waals surface area contributed by atoms with E-state index in [2.05, 4.69) is 10.2 Å². The SMILES string of the molecule is Cc1cnn2c1OCC2.O=C(O)c1cnn2c1OCC2.OCc1ccccc1. The minimum Gasteiger partial charge on any atom is -0.477 e. The van der Waals surface area contributed by atoms with Crippen LogP contribution >= 0.6 is 0 Å². The third-order valence-corrected chi connectivity index (χ3v) is 4.09. The maximum Gasteiger partial charge on any atom is 0.342 e. The van der Waals surface area contributed by atoms with Crippen LogP contribution in [0.3, 0.4) is 0 Å². The minimum absolute atomic E-state index is 0.140. The van der Waals surface area contributed by atoms with E-state index in [0.717, 1.165) is 30.2 Å². The van der Waals surface area contributed by atoms with E-state index in [0.29, 0.717) is 19.0 Å². The summed E-state index contributed by atoms with van der Waals surface area (Å²) in [4.78, 5) is 10.5. The summed E-state index contributed by atoms with van der Waals surface area (Å²) in [5.41, 5.74) is 2.24. The Morgan fingerprint density at radius 1 is 1.04 bits per heavy atom. The summed E-state index contributed by atoms with van der Waals surface area (Å²) in [7, 11) is 0. The Labute approximate surface area is 161 Å². The molecule has 9 nitrogen and oxygen atoms in total. The van der Waals surface area contributed by atoms with Gasteiger partial charge in [0.2, 0.25) is 11.8 Å². The van der Waals surface area contributed by atoms with Crippen molar-refractivity contribution >= 4 is 5.97 Å². The van der Waals surface area contributed by atoms with Crippen LogP contribution in [-0.4, -0.2) is 49.0 Å². The molecule has 2 N–H and O–H groups in total. The average Bonchev–Trinajstić information content (AvgIpc) is 3.47. The number of carbonyl (C=O) groups is 1. The van der Waals surface area contributed by atoms with Crippen molar-refractivity contribution in [1.29, 1.82) is 0 Å². The first-order valence-corrected chi connectivity index (χ1v) is 8.82. The number of nitrogens with zero attached hydrogens (tertiary/aromatic N) is 4. The molecule has 2 aliphatic rings. The van der Waals surface area contributed by atoms with Crippen LogP contribution < -0.4 is 9.47 Å². The van der Waals surface area contributed by atoms with Crippen molar-refractivity contribution < 1.29 is 24.5 Å². The van der Waals surface area contributed by atoms with Crippen molar-refractivity contribution in [2.24, 2.45) is 0 Å². The smallest absolute Gasteiger partial charge is 0.342 e. The summed E-state index contributed by atoms with van der Waals surface area (Å²) in [6, 6.07) is 9.52. The maximum absolute atomic E-state index is 10.5. The van der Waals surface area contributed by atoms with Crippen LogP contribution in [-0.2, 0) is 19.7 Å². The Kier molecular flexibility index (Phi) is 6.28. The van der Waals surface area contributed by atoms with E-state index in [9.17, 15) is 4.79 Å². The monoisotopic (exact) mass is 386 g/mol. The molecule has 3 aromatic rings. The number of rotatable bonds is 2. The molecular weight excluding hydrogens is 364 g/mol. The van der Waals surface area contributed by atoms with Gasteiger partial charge in [0.1, 0.15) is 18.8 Å². The van der Waals surface area contributed by atoms with Gasteiger partial charge in [0.25, 0.3) is 0 Å². The molecule has 0 spiro atoms. The van der Waals surface area contributed by atoms with Gasteiger partial charge in [-0.15, -0.1) is 0 Å². The zero-order valence-corrected chi connectivity index (χ0v) is 15.5. The van der Waals surface area contributed by atoms with Crippen LogP contribution in [0.4, 0.5) is 0 Å². The fourth-order valence-electron chi connectivity index (χ4n) is 2.69. The number of benzene rings is 1. The van der Waals surface area contributed by atoms with E-state index in [4.69, 9.17) is 19.7 Å². The second-order valence-electron chi connectivity index (χ2n) is 6.09. The summed E-state index contributed by atoms with van der Waals surface area (Å²) >= 11 is 0. The Bertz CT molecular complexity index is 920. The molecule has 0 fully saturated rings.